The Labute approximate surface area is 197 Å². The molecule has 0 aliphatic rings. The summed E-state index contributed by atoms with van der Waals surface area (Å²) in [7, 11) is 3.41. The van der Waals surface area contributed by atoms with E-state index in [9.17, 15) is 0 Å². The van der Waals surface area contributed by atoms with E-state index < -0.39 is 0 Å². The van der Waals surface area contributed by atoms with Crippen LogP contribution < -0.4 is 20.1 Å². The Morgan fingerprint density at radius 3 is 2.57 bits per heavy atom. The first-order valence-corrected chi connectivity index (χ1v) is 10.1. The number of oxazole rings is 1. The number of aliphatic imine (C=N–C) groups is 1. The van der Waals surface area contributed by atoms with Crippen LogP contribution in [0.1, 0.15) is 51.3 Å². The van der Waals surface area contributed by atoms with E-state index in [1.807, 2.05) is 19.1 Å². The molecule has 1 aromatic heterocycles. The van der Waals surface area contributed by atoms with Crippen molar-refractivity contribution >= 4 is 29.9 Å². The predicted octanol–water partition coefficient (Wildman–Crippen LogP) is 4.30. The number of nitrogens with one attached hydrogen (secondary N) is 2. The number of rotatable bonds is 9. The standard InChI is InChI=1S/C22H34N4O3.HI/c1-7-28-18-13-16(10-11-17(18)27-6)9-8-12-24-21(23-5)26-15-20-25-14-19(29-20)22(2,3)4;/h10-11,13-14H,7-9,12,15H2,1-6H3,(H2,23,24,26);1H. The highest BCUT2D eigenvalue weighted by Gasteiger charge is 2.19. The molecule has 0 bridgehead atoms. The number of guanidine groups is 1. The van der Waals surface area contributed by atoms with Crippen molar-refractivity contribution in [2.45, 2.75) is 52.5 Å². The van der Waals surface area contributed by atoms with E-state index in [0.717, 1.165) is 42.6 Å². The molecule has 1 aromatic carbocycles. The van der Waals surface area contributed by atoms with Crippen molar-refractivity contribution < 1.29 is 13.9 Å². The van der Waals surface area contributed by atoms with Gasteiger partial charge in [-0.2, -0.15) is 0 Å². The largest absolute Gasteiger partial charge is 0.493 e. The first-order valence-electron chi connectivity index (χ1n) is 10.1. The van der Waals surface area contributed by atoms with Gasteiger partial charge in [-0.25, -0.2) is 4.98 Å². The second-order valence-electron chi connectivity index (χ2n) is 7.74. The van der Waals surface area contributed by atoms with Gasteiger partial charge in [-0.05, 0) is 37.5 Å². The maximum atomic E-state index is 5.80. The fourth-order valence-electron chi connectivity index (χ4n) is 2.76. The first-order chi connectivity index (χ1) is 13.9. The molecular weight excluding hydrogens is 495 g/mol. The number of nitrogens with zero attached hydrogens (tertiary/aromatic N) is 2. The van der Waals surface area contributed by atoms with E-state index in [0.29, 0.717) is 19.0 Å². The van der Waals surface area contributed by atoms with Gasteiger partial charge < -0.3 is 24.5 Å². The second-order valence-corrected chi connectivity index (χ2v) is 7.74. The summed E-state index contributed by atoms with van der Waals surface area (Å²) < 4.78 is 16.8. The van der Waals surface area contributed by atoms with Crippen LogP contribution in [0.2, 0.25) is 0 Å². The molecule has 7 nitrogen and oxygen atoms in total. The highest BCUT2D eigenvalue weighted by molar-refractivity contribution is 14.0. The van der Waals surface area contributed by atoms with Crippen molar-refractivity contribution in [1.29, 1.82) is 0 Å². The lowest BCUT2D eigenvalue weighted by Gasteiger charge is -2.13. The third-order valence-electron chi connectivity index (χ3n) is 4.39. The summed E-state index contributed by atoms with van der Waals surface area (Å²) in [5, 5.41) is 6.56. The van der Waals surface area contributed by atoms with Gasteiger partial charge in [0.25, 0.3) is 0 Å². The molecule has 0 aliphatic carbocycles. The molecule has 1 heterocycles. The summed E-state index contributed by atoms with van der Waals surface area (Å²) in [6.45, 7) is 10.2. The van der Waals surface area contributed by atoms with Crippen molar-refractivity contribution in [3.8, 4) is 11.5 Å². The number of ether oxygens (including phenoxy) is 2. The number of halogens is 1. The smallest absolute Gasteiger partial charge is 0.213 e. The Morgan fingerprint density at radius 2 is 1.97 bits per heavy atom. The third kappa shape index (κ3) is 8.04. The second kappa shape index (κ2) is 12.7. The number of hydrogen-bond acceptors (Lipinski definition) is 5. The Kier molecular flexibility index (Phi) is 11.0. The molecule has 168 valence electrons. The molecule has 2 rings (SSSR count). The maximum Gasteiger partial charge on any atom is 0.213 e. The summed E-state index contributed by atoms with van der Waals surface area (Å²) in [4.78, 5) is 8.58. The van der Waals surface area contributed by atoms with Crippen LogP contribution in [0.5, 0.6) is 11.5 Å². The van der Waals surface area contributed by atoms with Crippen LogP contribution in [0.25, 0.3) is 0 Å². The van der Waals surface area contributed by atoms with Crippen LogP contribution in [0.4, 0.5) is 0 Å². The van der Waals surface area contributed by atoms with Gasteiger partial charge in [-0.3, -0.25) is 4.99 Å². The van der Waals surface area contributed by atoms with Crippen LogP contribution in [0, 0.1) is 0 Å². The van der Waals surface area contributed by atoms with E-state index in [4.69, 9.17) is 13.9 Å². The van der Waals surface area contributed by atoms with Gasteiger partial charge in [0.15, 0.2) is 17.5 Å². The van der Waals surface area contributed by atoms with Crippen molar-refractivity contribution in [2.24, 2.45) is 4.99 Å². The molecule has 0 fully saturated rings. The number of aryl methyl sites for hydroxylation is 1. The monoisotopic (exact) mass is 530 g/mol. The molecule has 0 atom stereocenters. The van der Waals surface area contributed by atoms with Crippen molar-refractivity contribution in [3.05, 3.63) is 41.6 Å². The quantitative estimate of drug-likeness (QED) is 0.218. The van der Waals surface area contributed by atoms with Crippen LogP contribution in [0.3, 0.4) is 0 Å². The number of hydrogen-bond donors (Lipinski definition) is 2. The highest BCUT2D eigenvalue weighted by atomic mass is 127. The topological polar surface area (TPSA) is 80.9 Å². The minimum atomic E-state index is -0.0470. The lowest BCUT2D eigenvalue weighted by Crippen LogP contribution is -2.37. The zero-order chi connectivity index (χ0) is 21.3. The van der Waals surface area contributed by atoms with E-state index in [2.05, 4.69) is 47.4 Å². The predicted molar refractivity (Wildman–Crippen MR) is 131 cm³/mol. The molecule has 8 heteroatoms. The maximum absolute atomic E-state index is 5.80. The summed E-state index contributed by atoms with van der Waals surface area (Å²) >= 11 is 0. The van der Waals surface area contributed by atoms with Gasteiger partial charge in [-0.15, -0.1) is 24.0 Å². The molecule has 2 aromatic rings. The van der Waals surface area contributed by atoms with E-state index in [1.165, 1.54) is 5.56 Å². The minimum Gasteiger partial charge on any atom is -0.493 e. The lowest BCUT2D eigenvalue weighted by atomic mass is 9.94. The molecule has 0 saturated carbocycles. The van der Waals surface area contributed by atoms with Crippen molar-refractivity contribution in [3.63, 3.8) is 0 Å². The summed E-state index contributed by atoms with van der Waals surface area (Å²) in [5.41, 5.74) is 1.17. The zero-order valence-electron chi connectivity index (χ0n) is 18.9. The van der Waals surface area contributed by atoms with E-state index >= 15 is 0 Å². The molecule has 0 spiro atoms. The van der Waals surface area contributed by atoms with Gasteiger partial charge in [0.1, 0.15) is 5.76 Å². The Bertz CT molecular complexity index is 800. The zero-order valence-corrected chi connectivity index (χ0v) is 21.2. The van der Waals surface area contributed by atoms with E-state index in [-0.39, 0.29) is 29.4 Å². The Balaban J connectivity index is 0.00000450. The Hall–Kier alpha value is -1.97. The summed E-state index contributed by atoms with van der Waals surface area (Å²) in [6, 6.07) is 6.07. The fraction of sp³-hybridized carbons (Fsp3) is 0.545. The number of aromatic nitrogens is 1. The molecule has 0 unspecified atom stereocenters. The SMILES string of the molecule is CCOc1cc(CCCNC(=NC)NCc2ncc(C(C)(C)C)o2)ccc1OC.I. The van der Waals surface area contributed by atoms with Gasteiger partial charge in [0.2, 0.25) is 5.89 Å². The van der Waals surface area contributed by atoms with Gasteiger partial charge in [-0.1, -0.05) is 26.8 Å². The first kappa shape index (κ1) is 26.1. The van der Waals surface area contributed by atoms with Crippen LogP contribution >= 0.6 is 24.0 Å². The number of benzene rings is 1. The summed E-state index contributed by atoms with van der Waals surface area (Å²) in [5.74, 6) is 3.81. The average molecular weight is 530 g/mol. The van der Waals surface area contributed by atoms with Crippen LogP contribution in [0.15, 0.2) is 33.8 Å². The van der Waals surface area contributed by atoms with Gasteiger partial charge in [0.05, 0.1) is 26.5 Å². The molecular formula is C22H35IN4O3. The van der Waals surface area contributed by atoms with Crippen molar-refractivity contribution in [1.82, 2.24) is 15.6 Å². The highest BCUT2D eigenvalue weighted by Crippen LogP contribution is 2.28. The van der Waals surface area contributed by atoms with Crippen LogP contribution in [-0.4, -0.2) is 38.3 Å². The molecule has 0 aliphatic heterocycles. The Morgan fingerprint density at radius 1 is 1.20 bits per heavy atom. The molecule has 0 radical (unpaired) electrons. The summed E-state index contributed by atoms with van der Waals surface area (Å²) in [6.07, 6.45) is 3.69. The molecule has 0 saturated heterocycles. The van der Waals surface area contributed by atoms with Gasteiger partial charge >= 0.3 is 0 Å². The average Bonchev–Trinajstić information content (AvgIpc) is 3.17. The molecule has 0 amide bonds. The lowest BCUT2D eigenvalue weighted by molar-refractivity contribution is 0.310. The van der Waals surface area contributed by atoms with Gasteiger partial charge in [0, 0.05) is 19.0 Å². The third-order valence-corrected chi connectivity index (χ3v) is 4.39. The van der Waals surface area contributed by atoms with Crippen molar-refractivity contribution in [2.75, 3.05) is 27.3 Å². The minimum absolute atomic E-state index is 0. The normalized spacial score (nSPS) is 11.6. The number of methoxy groups -OCH3 is 1. The van der Waals surface area contributed by atoms with E-state index in [1.54, 1.807) is 20.4 Å². The molecule has 2 N–H and O–H groups in total. The fourth-order valence-corrected chi connectivity index (χ4v) is 2.76. The molecule has 30 heavy (non-hydrogen) atoms. The van der Waals surface area contributed by atoms with Crippen LogP contribution in [-0.2, 0) is 18.4 Å².